The van der Waals surface area contributed by atoms with Gasteiger partial charge in [0.2, 0.25) is 0 Å². The summed E-state index contributed by atoms with van der Waals surface area (Å²) < 4.78 is 7.08. The van der Waals surface area contributed by atoms with Gasteiger partial charge in [0.1, 0.15) is 17.0 Å². The SMILES string of the molecule is Nc1cc(Br)nc(OCc2ccc(Br)cc2)n1. The van der Waals surface area contributed by atoms with Gasteiger partial charge in [-0.25, -0.2) is 0 Å². The molecule has 0 aliphatic carbocycles. The molecule has 1 aromatic carbocycles. The van der Waals surface area contributed by atoms with E-state index < -0.39 is 0 Å². The molecule has 0 aliphatic heterocycles. The van der Waals surface area contributed by atoms with Crippen LogP contribution < -0.4 is 10.5 Å². The Kier molecular flexibility index (Phi) is 3.96. The van der Waals surface area contributed by atoms with E-state index in [-0.39, 0.29) is 6.01 Å². The molecular formula is C11H9Br2N3O. The van der Waals surface area contributed by atoms with Crippen molar-refractivity contribution in [3.8, 4) is 6.01 Å². The minimum Gasteiger partial charge on any atom is -0.459 e. The third-order valence-electron chi connectivity index (χ3n) is 1.98. The molecule has 2 N–H and O–H groups in total. The minimum atomic E-state index is 0.264. The number of nitrogens with zero attached hydrogens (tertiary/aromatic N) is 2. The predicted octanol–water partition coefficient (Wildman–Crippen LogP) is 3.16. The molecule has 0 bridgehead atoms. The van der Waals surface area contributed by atoms with E-state index in [0.29, 0.717) is 17.0 Å². The van der Waals surface area contributed by atoms with Gasteiger partial charge < -0.3 is 10.5 Å². The predicted molar refractivity (Wildman–Crippen MR) is 72.6 cm³/mol. The number of rotatable bonds is 3. The lowest BCUT2D eigenvalue weighted by Gasteiger charge is -2.05. The molecular weight excluding hydrogens is 350 g/mol. The van der Waals surface area contributed by atoms with Gasteiger partial charge in [-0.15, -0.1) is 0 Å². The maximum Gasteiger partial charge on any atom is 0.319 e. The van der Waals surface area contributed by atoms with E-state index >= 15 is 0 Å². The Balaban J connectivity index is 2.04. The van der Waals surface area contributed by atoms with Crippen molar-refractivity contribution in [1.82, 2.24) is 9.97 Å². The first-order valence-corrected chi connectivity index (χ1v) is 6.39. The molecule has 4 nitrogen and oxygen atoms in total. The van der Waals surface area contributed by atoms with Gasteiger partial charge in [0.05, 0.1) is 0 Å². The minimum absolute atomic E-state index is 0.264. The number of halogens is 2. The van der Waals surface area contributed by atoms with Crippen molar-refractivity contribution >= 4 is 37.7 Å². The zero-order chi connectivity index (χ0) is 12.3. The lowest BCUT2D eigenvalue weighted by molar-refractivity contribution is 0.280. The Morgan fingerprint density at radius 3 is 2.47 bits per heavy atom. The summed E-state index contributed by atoms with van der Waals surface area (Å²) in [5.41, 5.74) is 6.62. The van der Waals surface area contributed by atoms with Crippen LogP contribution in [-0.2, 0) is 6.61 Å². The molecule has 17 heavy (non-hydrogen) atoms. The van der Waals surface area contributed by atoms with Crippen molar-refractivity contribution in [1.29, 1.82) is 0 Å². The Morgan fingerprint density at radius 2 is 1.82 bits per heavy atom. The number of benzene rings is 1. The summed E-state index contributed by atoms with van der Waals surface area (Å²) >= 11 is 6.60. The summed E-state index contributed by atoms with van der Waals surface area (Å²) in [6.07, 6.45) is 0. The van der Waals surface area contributed by atoms with Crippen molar-refractivity contribution in [3.63, 3.8) is 0 Å². The van der Waals surface area contributed by atoms with E-state index in [9.17, 15) is 0 Å². The van der Waals surface area contributed by atoms with Crippen molar-refractivity contribution in [2.45, 2.75) is 6.61 Å². The van der Waals surface area contributed by atoms with Crippen LogP contribution in [0.15, 0.2) is 39.4 Å². The number of nitrogens with two attached hydrogens (primary N) is 1. The first-order chi connectivity index (χ1) is 8.13. The van der Waals surface area contributed by atoms with Crippen molar-refractivity contribution in [3.05, 3.63) is 45.0 Å². The smallest absolute Gasteiger partial charge is 0.319 e. The molecule has 88 valence electrons. The Labute approximate surface area is 115 Å². The quantitative estimate of drug-likeness (QED) is 0.856. The van der Waals surface area contributed by atoms with E-state index in [2.05, 4.69) is 41.8 Å². The van der Waals surface area contributed by atoms with Crippen LogP contribution in [0, 0.1) is 0 Å². The molecule has 0 spiro atoms. The van der Waals surface area contributed by atoms with Gasteiger partial charge in [-0.05, 0) is 33.6 Å². The average Bonchev–Trinajstić information content (AvgIpc) is 2.27. The van der Waals surface area contributed by atoms with Gasteiger partial charge in [-0.2, -0.15) is 9.97 Å². The Bertz CT molecular complexity index is 496. The van der Waals surface area contributed by atoms with E-state index in [1.807, 2.05) is 24.3 Å². The average molecular weight is 359 g/mol. The number of hydrogen-bond acceptors (Lipinski definition) is 4. The molecule has 0 aliphatic rings. The van der Waals surface area contributed by atoms with Crippen LogP contribution in [-0.4, -0.2) is 9.97 Å². The molecule has 0 unspecified atom stereocenters. The number of hydrogen-bond donors (Lipinski definition) is 1. The lowest BCUT2D eigenvalue weighted by Crippen LogP contribution is -2.01. The van der Waals surface area contributed by atoms with Gasteiger partial charge in [0.25, 0.3) is 0 Å². The molecule has 6 heteroatoms. The molecule has 0 saturated heterocycles. The molecule has 1 heterocycles. The molecule has 0 amide bonds. The second kappa shape index (κ2) is 5.46. The first-order valence-electron chi connectivity index (χ1n) is 4.81. The molecule has 0 radical (unpaired) electrons. The second-order valence-electron chi connectivity index (χ2n) is 3.31. The normalized spacial score (nSPS) is 10.2. The van der Waals surface area contributed by atoms with Gasteiger partial charge in [-0.1, -0.05) is 28.1 Å². The fourth-order valence-corrected chi connectivity index (χ4v) is 1.86. The third kappa shape index (κ3) is 3.67. The van der Waals surface area contributed by atoms with Gasteiger partial charge in [0.15, 0.2) is 0 Å². The van der Waals surface area contributed by atoms with E-state index in [0.717, 1.165) is 10.0 Å². The second-order valence-corrected chi connectivity index (χ2v) is 5.04. The lowest BCUT2D eigenvalue weighted by atomic mass is 10.2. The summed E-state index contributed by atoms with van der Waals surface area (Å²) in [5.74, 6) is 0.373. The largest absolute Gasteiger partial charge is 0.459 e. The molecule has 1 aromatic heterocycles. The van der Waals surface area contributed by atoms with Crippen molar-refractivity contribution in [2.24, 2.45) is 0 Å². The van der Waals surface area contributed by atoms with Crippen LogP contribution in [0.5, 0.6) is 6.01 Å². The fraction of sp³-hybridized carbons (Fsp3) is 0.0909. The van der Waals surface area contributed by atoms with E-state index in [4.69, 9.17) is 10.5 Å². The maximum absolute atomic E-state index is 5.58. The fourth-order valence-electron chi connectivity index (χ4n) is 1.21. The van der Waals surface area contributed by atoms with Crippen LogP contribution in [0.4, 0.5) is 5.82 Å². The summed E-state index contributed by atoms with van der Waals surface area (Å²) in [6.45, 7) is 0.406. The van der Waals surface area contributed by atoms with Crippen LogP contribution in [0.2, 0.25) is 0 Å². The Morgan fingerprint density at radius 1 is 1.12 bits per heavy atom. The number of anilines is 1. The standard InChI is InChI=1S/C11H9Br2N3O/c12-8-3-1-7(2-4-8)6-17-11-15-9(13)5-10(14)16-11/h1-5H,6H2,(H2,14,15,16). The molecule has 0 atom stereocenters. The number of nitrogen functional groups attached to an aromatic ring is 1. The summed E-state index contributed by atoms with van der Waals surface area (Å²) in [5, 5.41) is 0. The molecule has 0 saturated carbocycles. The summed E-state index contributed by atoms with van der Waals surface area (Å²) in [4.78, 5) is 8.03. The molecule has 2 aromatic rings. The zero-order valence-corrected chi connectivity index (χ0v) is 11.9. The van der Waals surface area contributed by atoms with Gasteiger partial charge >= 0.3 is 6.01 Å². The highest BCUT2D eigenvalue weighted by Crippen LogP contribution is 2.16. The van der Waals surface area contributed by atoms with Gasteiger partial charge in [-0.3, -0.25) is 0 Å². The summed E-state index contributed by atoms with van der Waals surface area (Å²) in [6, 6.07) is 9.72. The van der Waals surface area contributed by atoms with Crippen molar-refractivity contribution in [2.75, 3.05) is 5.73 Å². The monoisotopic (exact) mass is 357 g/mol. The van der Waals surface area contributed by atoms with Crippen LogP contribution in [0.3, 0.4) is 0 Å². The highest BCUT2D eigenvalue weighted by Gasteiger charge is 2.02. The van der Waals surface area contributed by atoms with Gasteiger partial charge in [0, 0.05) is 10.5 Å². The topological polar surface area (TPSA) is 61.0 Å². The number of ether oxygens (including phenoxy) is 1. The van der Waals surface area contributed by atoms with E-state index in [1.54, 1.807) is 6.07 Å². The molecule has 0 fully saturated rings. The van der Waals surface area contributed by atoms with Crippen LogP contribution in [0.25, 0.3) is 0 Å². The molecule has 2 rings (SSSR count). The highest BCUT2D eigenvalue weighted by molar-refractivity contribution is 9.10. The first kappa shape index (κ1) is 12.3. The van der Waals surface area contributed by atoms with E-state index in [1.165, 1.54) is 0 Å². The highest BCUT2D eigenvalue weighted by atomic mass is 79.9. The number of aromatic nitrogens is 2. The van der Waals surface area contributed by atoms with Crippen molar-refractivity contribution < 1.29 is 4.74 Å². The zero-order valence-electron chi connectivity index (χ0n) is 8.73. The third-order valence-corrected chi connectivity index (χ3v) is 2.91. The Hall–Kier alpha value is -1.14. The van der Waals surface area contributed by atoms with Crippen LogP contribution >= 0.6 is 31.9 Å². The van der Waals surface area contributed by atoms with Crippen LogP contribution in [0.1, 0.15) is 5.56 Å². The summed E-state index contributed by atoms with van der Waals surface area (Å²) in [7, 11) is 0. The maximum atomic E-state index is 5.58.